The van der Waals surface area contributed by atoms with Crippen molar-refractivity contribution in [2.24, 2.45) is 5.73 Å². The van der Waals surface area contributed by atoms with Crippen molar-refractivity contribution in [3.63, 3.8) is 0 Å². The molecule has 1 rings (SSSR count). The van der Waals surface area contributed by atoms with E-state index >= 15 is 0 Å². The number of methoxy groups -OCH3 is 1. The van der Waals surface area contributed by atoms with Crippen molar-refractivity contribution in [2.75, 3.05) is 23.5 Å². The number of amides is 2. The number of anilines is 1. The standard InChI is InChI=1S/C23H31F6IN5O8/c1-21(2,41-3)18(37)33-15(16(36)12-42-17(22(24,25)26)23(27,28)29)5-4-10-32-19(31)34-20(38)43-11-13-6-8-14(9-7-13)35(40)30-39/h6-9,15,17,19,32H,4-5,10-12,31H2,1-3H3,(H,33,37)(H,34,38)/q-1/t15-,19?/m0/s1. The molecule has 0 radical (unpaired) electrons. The van der Waals surface area contributed by atoms with Gasteiger partial charge < -0.3 is 28.0 Å². The van der Waals surface area contributed by atoms with Crippen LogP contribution in [0.25, 0.3) is 0 Å². The van der Waals surface area contributed by atoms with Gasteiger partial charge in [-0.25, -0.2) is 7.86 Å². The van der Waals surface area contributed by atoms with E-state index in [1.807, 2.05) is 0 Å². The Labute approximate surface area is 252 Å². The van der Waals surface area contributed by atoms with Crippen molar-refractivity contribution in [3.05, 3.63) is 35.0 Å². The summed E-state index contributed by atoms with van der Waals surface area (Å²) in [6, 6.07) is 4.19. The van der Waals surface area contributed by atoms with Crippen molar-refractivity contribution in [1.82, 2.24) is 16.0 Å². The highest BCUT2D eigenvalue weighted by Crippen LogP contribution is 2.35. The lowest BCUT2D eigenvalue weighted by molar-refractivity contribution is -0.319. The summed E-state index contributed by atoms with van der Waals surface area (Å²) < 4.78 is 101. The van der Waals surface area contributed by atoms with Gasteiger partial charge in [-0.2, -0.15) is 26.3 Å². The van der Waals surface area contributed by atoms with E-state index in [2.05, 4.69) is 20.7 Å². The Morgan fingerprint density at radius 3 is 2.14 bits per heavy atom. The summed E-state index contributed by atoms with van der Waals surface area (Å²) >= 11 is -1.92. The van der Waals surface area contributed by atoms with Crippen LogP contribution < -0.4 is 25.0 Å². The van der Waals surface area contributed by atoms with Crippen molar-refractivity contribution in [1.29, 1.82) is 0 Å². The molecule has 246 valence electrons. The Kier molecular flexibility index (Phi) is 15.2. The predicted molar refractivity (Wildman–Crippen MR) is 145 cm³/mol. The van der Waals surface area contributed by atoms with E-state index in [1.165, 1.54) is 45.2 Å². The van der Waals surface area contributed by atoms with Gasteiger partial charge in [-0.1, -0.05) is 12.1 Å². The third-order valence-electron chi connectivity index (χ3n) is 5.62. The van der Waals surface area contributed by atoms with Gasteiger partial charge in [-0.15, -0.1) is 0 Å². The summed E-state index contributed by atoms with van der Waals surface area (Å²) in [6.07, 6.45) is -18.2. The predicted octanol–water partition coefficient (Wildman–Crippen LogP) is 3.05. The number of nitrogens with two attached hydrogens (primary N) is 1. The molecule has 1 aromatic carbocycles. The number of Topliss-reactive ketones (excluding diaryl/α,β-unsaturated/α-hetero) is 1. The summed E-state index contributed by atoms with van der Waals surface area (Å²) in [5, 5.41) is 18.4. The first kappa shape index (κ1) is 38.4. The third-order valence-corrected chi connectivity index (χ3v) is 6.53. The minimum Gasteiger partial charge on any atom is -0.748 e. The Morgan fingerprint density at radius 2 is 1.63 bits per heavy atom. The van der Waals surface area contributed by atoms with Gasteiger partial charge in [0.15, 0.2) is 5.78 Å². The number of nitrogens with zero attached hydrogens (tertiary/aromatic N) is 1. The summed E-state index contributed by atoms with van der Waals surface area (Å²) in [4.78, 5) is 36.9. The molecule has 0 saturated heterocycles. The SMILES string of the molecule is COC(C)(C)C(=O)N[C@@H](CCCNC(N)NC(=O)OCc1ccc(N([O-])I=O)cc1)C(=O)COC(C(F)(F)F)C(F)(F)F. The van der Waals surface area contributed by atoms with Gasteiger partial charge in [0, 0.05) is 12.8 Å². The molecular formula is C23H31F6IN5O8-. The summed E-state index contributed by atoms with van der Waals surface area (Å²) in [7, 11) is 1.18. The fraction of sp³-hybridized carbons (Fsp3) is 0.609. The van der Waals surface area contributed by atoms with Gasteiger partial charge in [0.25, 0.3) is 27.4 Å². The Morgan fingerprint density at radius 1 is 1.05 bits per heavy atom. The molecule has 1 aromatic rings. The zero-order valence-electron chi connectivity index (χ0n) is 23.0. The van der Waals surface area contributed by atoms with Crippen LogP contribution in [0.1, 0.15) is 32.3 Å². The molecule has 0 saturated carbocycles. The van der Waals surface area contributed by atoms with Crippen molar-refractivity contribution < 1.29 is 58.0 Å². The fourth-order valence-corrected chi connectivity index (χ4v) is 3.61. The van der Waals surface area contributed by atoms with E-state index in [4.69, 9.17) is 15.2 Å². The second-order valence-electron chi connectivity index (χ2n) is 9.26. The number of ether oxygens (including phenoxy) is 3. The number of hydrogen-bond acceptors (Lipinski definition) is 10. The van der Waals surface area contributed by atoms with Gasteiger partial charge >= 0.3 is 18.4 Å². The number of carbonyl (C=O) groups excluding carboxylic acids is 3. The Balaban J connectivity index is 2.66. The average molecular weight is 746 g/mol. The maximum atomic E-state index is 12.8. The Hall–Kier alpha value is -2.66. The molecule has 5 N–H and O–H groups in total. The first-order chi connectivity index (χ1) is 19.8. The van der Waals surface area contributed by atoms with E-state index < -0.39 is 82.2 Å². The second-order valence-corrected chi connectivity index (χ2v) is 10.5. The highest BCUT2D eigenvalue weighted by atomic mass is 127. The molecule has 43 heavy (non-hydrogen) atoms. The summed E-state index contributed by atoms with van der Waals surface area (Å²) in [5.74, 6) is -2.12. The first-order valence-corrected chi connectivity index (χ1v) is 14.1. The number of halogens is 7. The van der Waals surface area contributed by atoms with Crippen molar-refractivity contribution >= 4 is 44.9 Å². The maximum Gasteiger partial charge on any atom is 0.423 e. The number of carbonyl (C=O) groups is 3. The van der Waals surface area contributed by atoms with Crippen LogP contribution in [0.2, 0.25) is 0 Å². The molecule has 13 nitrogen and oxygen atoms in total. The molecule has 20 heteroatoms. The van der Waals surface area contributed by atoms with Crippen LogP contribution in [-0.4, -0.2) is 74.4 Å². The smallest absolute Gasteiger partial charge is 0.423 e. The van der Waals surface area contributed by atoms with Crippen LogP contribution in [0.4, 0.5) is 36.8 Å². The van der Waals surface area contributed by atoms with Crippen LogP contribution in [0.5, 0.6) is 0 Å². The number of benzene rings is 1. The molecule has 2 amide bonds. The zero-order chi connectivity index (χ0) is 33.0. The number of alkyl carbamates (subject to hydrolysis) is 1. The minimum absolute atomic E-state index is 0.00516. The molecule has 0 aliphatic carbocycles. The second kappa shape index (κ2) is 17.0. The van der Waals surface area contributed by atoms with Crippen LogP contribution in [0.15, 0.2) is 24.3 Å². The molecule has 0 aliphatic rings. The van der Waals surface area contributed by atoms with Crippen LogP contribution >= 0.6 is 21.5 Å². The third kappa shape index (κ3) is 13.7. The van der Waals surface area contributed by atoms with Gasteiger partial charge in [0.2, 0.25) is 6.10 Å². The number of hydrogen-bond donors (Lipinski definition) is 4. The lowest BCUT2D eigenvalue weighted by Gasteiger charge is -2.27. The average Bonchev–Trinajstić information content (AvgIpc) is 2.91. The first-order valence-electron chi connectivity index (χ1n) is 12.2. The summed E-state index contributed by atoms with van der Waals surface area (Å²) in [6.45, 7) is 0.816. The van der Waals surface area contributed by atoms with Crippen LogP contribution in [0.3, 0.4) is 0 Å². The molecule has 2 atom stereocenters. The molecule has 0 aliphatic heterocycles. The van der Waals surface area contributed by atoms with E-state index in [0.717, 1.165) is 0 Å². The number of ketones is 1. The van der Waals surface area contributed by atoms with E-state index in [-0.39, 0.29) is 31.7 Å². The molecule has 1 unspecified atom stereocenters. The minimum atomic E-state index is -5.83. The fourth-order valence-electron chi connectivity index (χ4n) is 3.06. The van der Waals surface area contributed by atoms with Gasteiger partial charge in [0.05, 0.1) is 6.04 Å². The van der Waals surface area contributed by atoms with E-state index in [1.54, 1.807) is 0 Å². The molecular weight excluding hydrogens is 715 g/mol. The van der Waals surface area contributed by atoms with Crippen molar-refractivity contribution in [2.45, 2.75) is 69.7 Å². The number of nitrogens with one attached hydrogen (secondary N) is 3. The lowest BCUT2D eigenvalue weighted by atomic mass is 10.0. The van der Waals surface area contributed by atoms with Crippen LogP contribution in [-0.2, 0) is 33.5 Å². The highest BCUT2D eigenvalue weighted by molar-refractivity contribution is 14.1. The highest BCUT2D eigenvalue weighted by Gasteiger charge is 2.58. The molecule has 0 fully saturated rings. The normalized spacial score (nSPS) is 13.8. The quantitative estimate of drug-likeness (QED) is 0.0459. The molecule has 0 spiro atoms. The maximum absolute atomic E-state index is 12.8. The van der Waals surface area contributed by atoms with E-state index in [0.29, 0.717) is 8.84 Å². The largest absolute Gasteiger partial charge is 0.748 e. The number of rotatable bonds is 17. The Bertz CT molecular complexity index is 1060. The van der Waals surface area contributed by atoms with E-state index in [9.17, 15) is 49.0 Å². The van der Waals surface area contributed by atoms with Crippen LogP contribution in [0, 0.1) is 5.21 Å². The van der Waals surface area contributed by atoms with Gasteiger partial charge in [-0.05, 0) is 50.9 Å². The zero-order valence-corrected chi connectivity index (χ0v) is 25.2. The molecule has 0 heterocycles. The molecule has 0 aromatic heterocycles. The lowest BCUT2D eigenvalue weighted by Crippen LogP contribution is -2.53. The molecule has 0 bridgehead atoms. The monoisotopic (exact) mass is 746 g/mol. The summed E-state index contributed by atoms with van der Waals surface area (Å²) in [5.41, 5.74) is 4.93. The topological polar surface area (TPSA) is 184 Å². The van der Waals surface area contributed by atoms with Gasteiger partial charge in [0.1, 0.15) is 25.1 Å². The van der Waals surface area contributed by atoms with Crippen molar-refractivity contribution in [3.8, 4) is 0 Å². The number of alkyl halides is 6. The van der Waals surface area contributed by atoms with Gasteiger partial charge in [-0.3, -0.25) is 26.0 Å².